The van der Waals surface area contributed by atoms with Crippen LogP contribution in [-0.4, -0.2) is 16.1 Å². The Balaban J connectivity index is 3.15. The fourth-order valence-corrected chi connectivity index (χ4v) is 1.24. The molecule has 0 spiro atoms. The van der Waals surface area contributed by atoms with Gasteiger partial charge in [0, 0.05) is 6.04 Å². The normalized spacial score (nSPS) is 10.5. The molecule has 0 aliphatic heterocycles. The molecule has 3 nitrogen and oxygen atoms in total. The highest BCUT2D eigenvalue weighted by atomic mass is 79.9. The van der Waals surface area contributed by atoms with Gasteiger partial charge in [0.1, 0.15) is 5.69 Å². The predicted octanol–water partition coefficient (Wildman–Crippen LogP) is 2.04. The van der Waals surface area contributed by atoms with Crippen molar-refractivity contribution in [3.63, 3.8) is 0 Å². The average molecular weight is 217 g/mol. The molecule has 0 fully saturated rings. The van der Waals surface area contributed by atoms with Crippen LogP contribution in [0, 0.1) is 0 Å². The lowest BCUT2D eigenvalue weighted by atomic mass is 10.4. The second-order valence-electron chi connectivity index (χ2n) is 2.53. The summed E-state index contributed by atoms with van der Waals surface area (Å²) in [4.78, 5) is 10.5. The van der Waals surface area contributed by atoms with Gasteiger partial charge in [-0.1, -0.05) is 0 Å². The lowest BCUT2D eigenvalue weighted by molar-refractivity contribution is 0.111. The Bertz CT molecular complexity index is 267. The average Bonchev–Trinajstić information content (AvgIpc) is 2.30. The van der Waals surface area contributed by atoms with Gasteiger partial charge in [0.15, 0.2) is 6.29 Å². The number of carbonyl (C=O) groups excluding carboxylic acids is 1. The molecule has 0 bridgehead atoms. The van der Waals surface area contributed by atoms with E-state index >= 15 is 0 Å². The van der Waals surface area contributed by atoms with Crippen LogP contribution in [0.1, 0.15) is 30.4 Å². The van der Waals surface area contributed by atoms with Crippen molar-refractivity contribution < 1.29 is 4.79 Å². The van der Waals surface area contributed by atoms with E-state index < -0.39 is 0 Å². The van der Waals surface area contributed by atoms with E-state index in [0.717, 1.165) is 10.8 Å². The van der Waals surface area contributed by atoms with Gasteiger partial charge >= 0.3 is 0 Å². The van der Waals surface area contributed by atoms with Crippen LogP contribution in [-0.2, 0) is 0 Å². The maximum absolute atomic E-state index is 10.5. The quantitative estimate of drug-likeness (QED) is 0.710. The fourth-order valence-electron chi connectivity index (χ4n) is 0.872. The molecule has 0 aromatic carbocycles. The predicted molar refractivity (Wildman–Crippen MR) is 45.7 cm³/mol. The highest BCUT2D eigenvalue weighted by Crippen LogP contribution is 2.16. The fraction of sp³-hybridized carbons (Fsp3) is 0.429. The van der Waals surface area contributed by atoms with Crippen molar-refractivity contribution in [2.24, 2.45) is 0 Å². The van der Waals surface area contributed by atoms with Crippen molar-refractivity contribution in [1.82, 2.24) is 9.78 Å². The molecular weight excluding hydrogens is 208 g/mol. The monoisotopic (exact) mass is 216 g/mol. The topological polar surface area (TPSA) is 34.9 Å². The van der Waals surface area contributed by atoms with E-state index in [0.29, 0.717) is 5.69 Å². The van der Waals surface area contributed by atoms with E-state index in [2.05, 4.69) is 21.0 Å². The van der Waals surface area contributed by atoms with Gasteiger partial charge in [-0.2, -0.15) is 5.10 Å². The van der Waals surface area contributed by atoms with Crippen LogP contribution < -0.4 is 0 Å². The number of aromatic nitrogens is 2. The van der Waals surface area contributed by atoms with Gasteiger partial charge in [-0.05, 0) is 29.8 Å². The minimum Gasteiger partial charge on any atom is -0.296 e. The largest absolute Gasteiger partial charge is 0.296 e. The molecule has 1 rings (SSSR count). The van der Waals surface area contributed by atoms with Gasteiger partial charge in [-0.3, -0.25) is 9.48 Å². The number of hydrogen-bond acceptors (Lipinski definition) is 2. The Hall–Kier alpha value is -0.640. The zero-order valence-electron chi connectivity index (χ0n) is 6.41. The first-order valence-corrected chi connectivity index (χ1v) is 4.14. The van der Waals surface area contributed by atoms with Crippen LogP contribution in [0.4, 0.5) is 0 Å². The Labute approximate surface area is 73.5 Å². The van der Waals surface area contributed by atoms with Gasteiger partial charge in [-0.15, -0.1) is 0 Å². The summed E-state index contributed by atoms with van der Waals surface area (Å²) in [5.74, 6) is 0. The van der Waals surface area contributed by atoms with Crippen LogP contribution in [0.25, 0.3) is 0 Å². The number of aldehydes is 1. The maximum atomic E-state index is 10.5. The SMILES string of the molecule is CC(C)n1ncc(Br)c1C=O. The van der Waals surface area contributed by atoms with Gasteiger partial charge in [0.2, 0.25) is 0 Å². The lowest BCUT2D eigenvalue weighted by Crippen LogP contribution is -2.06. The molecule has 0 unspecified atom stereocenters. The van der Waals surface area contributed by atoms with E-state index in [1.807, 2.05) is 13.8 Å². The van der Waals surface area contributed by atoms with E-state index in [1.165, 1.54) is 0 Å². The molecule has 0 amide bonds. The summed E-state index contributed by atoms with van der Waals surface area (Å²) in [5, 5.41) is 4.02. The van der Waals surface area contributed by atoms with Crippen LogP contribution in [0.15, 0.2) is 10.7 Å². The lowest BCUT2D eigenvalue weighted by Gasteiger charge is -2.05. The Morgan fingerprint density at radius 2 is 2.36 bits per heavy atom. The summed E-state index contributed by atoms with van der Waals surface area (Å²) in [5.41, 5.74) is 0.597. The molecule has 0 saturated carbocycles. The summed E-state index contributed by atoms with van der Waals surface area (Å²) in [6.07, 6.45) is 2.43. The van der Waals surface area contributed by atoms with Crippen molar-refractivity contribution in [2.45, 2.75) is 19.9 Å². The van der Waals surface area contributed by atoms with Gasteiger partial charge in [0.25, 0.3) is 0 Å². The van der Waals surface area contributed by atoms with Crippen molar-refractivity contribution in [3.8, 4) is 0 Å². The molecule has 0 N–H and O–H groups in total. The number of halogens is 1. The molecule has 0 atom stereocenters. The second kappa shape index (κ2) is 3.17. The van der Waals surface area contributed by atoms with E-state index in [9.17, 15) is 4.79 Å². The van der Waals surface area contributed by atoms with E-state index in [1.54, 1.807) is 10.9 Å². The zero-order valence-corrected chi connectivity index (χ0v) is 8.00. The molecule has 4 heteroatoms. The van der Waals surface area contributed by atoms with Crippen LogP contribution in [0.5, 0.6) is 0 Å². The molecule has 1 aromatic rings. The van der Waals surface area contributed by atoms with Crippen LogP contribution in [0.3, 0.4) is 0 Å². The zero-order chi connectivity index (χ0) is 8.43. The first kappa shape index (κ1) is 8.46. The standard InChI is InChI=1S/C7H9BrN2O/c1-5(2)10-7(4-11)6(8)3-9-10/h3-5H,1-2H3. The molecule has 0 aliphatic carbocycles. The van der Waals surface area contributed by atoms with Crippen molar-refractivity contribution in [3.05, 3.63) is 16.4 Å². The molecule has 0 aliphatic rings. The van der Waals surface area contributed by atoms with Crippen molar-refractivity contribution in [2.75, 3.05) is 0 Å². The molecule has 60 valence electrons. The number of nitrogens with zero attached hydrogens (tertiary/aromatic N) is 2. The smallest absolute Gasteiger partial charge is 0.169 e. The second-order valence-corrected chi connectivity index (χ2v) is 3.39. The Kier molecular flexibility index (Phi) is 2.44. The third kappa shape index (κ3) is 1.50. The summed E-state index contributed by atoms with van der Waals surface area (Å²) in [7, 11) is 0. The van der Waals surface area contributed by atoms with Crippen LogP contribution >= 0.6 is 15.9 Å². The summed E-state index contributed by atoms with van der Waals surface area (Å²) < 4.78 is 2.43. The molecule has 0 saturated heterocycles. The maximum Gasteiger partial charge on any atom is 0.169 e. The Morgan fingerprint density at radius 3 is 2.73 bits per heavy atom. The summed E-state index contributed by atoms with van der Waals surface area (Å²) >= 11 is 3.23. The van der Waals surface area contributed by atoms with Crippen LogP contribution in [0.2, 0.25) is 0 Å². The number of hydrogen-bond donors (Lipinski definition) is 0. The number of carbonyl (C=O) groups is 1. The molecule has 1 aromatic heterocycles. The van der Waals surface area contributed by atoms with Gasteiger partial charge < -0.3 is 0 Å². The Morgan fingerprint density at radius 1 is 1.73 bits per heavy atom. The number of rotatable bonds is 2. The van der Waals surface area contributed by atoms with E-state index in [4.69, 9.17) is 0 Å². The highest BCUT2D eigenvalue weighted by Gasteiger charge is 2.08. The third-order valence-electron chi connectivity index (χ3n) is 1.39. The first-order valence-electron chi connectivity index (χ1n) is 3.35. The molecule has 11 heavy (non-hydrogen) atoms. The minimum atomic E-state index is 0.224. The van der Waals surface area contributed by atoms with Gasteiger partial charge in [-0.25, -0.2) is 0 Å². The minimum absolute atomic E-state index is 0.224. The third-order valence-corrected chi connectivity index (χ3v) is 2.00. The van der Waals surface area contributed by atoms with Crippen molar-refractivity contribution in [1.29, 1.82) is 0 Å². The molecule has 0 radical (unpaired) electrons. The molecule has 1 heterocycles. The van der Waals surface area contributed by atoms with E-state index in [-0.39, 0.29) is 6.04 Å². The molecular formula is C7H9BrN2O. The highest BCUT2D eigenvalue weighted by molar-refractivity contribution is 9.10. The van der Waals surface area contributed by atoms with Crippen molar-refractivity contribution >= 4 is 22.2 Å². The summed E-state index contributed by atoms with van der Waals surface area (Å²) in [6, 6.07) is 0.224. The summed E-state index contributed by atoms with van der Waals surface area (Å²) in [6.45, 7) is 3.96. The first-order chi connectivity index (χ1) is 5.16. The van der Waals surface area contributed by atoms with Gasteiger partial charge in [0.05, 0.1) is 10.7 Å².